The topological polar surface area (TPSA) is 9.23 Å². The highest BCUT2D eigenvalue weighted by atomic mass is 79.9. The normalized spacial score (nSPS) is 12.4. The average molecular weight is 299 g/mol. The summed E-state index contributed by atoms with van der Waals surface area (Å²) in [5.41, 5.74) is 1.35. The van der Waals surface area contributed by atoms with Crippen molar-refractivity contribution in [2.75, 3.05) is 7.11 Å². The molecule has 0 aliphatic heterocycles. The molecule has 1 atom stereocenters. The molecule has 1 rings (SSSR count). The van der Waals surface area contributed by atoms with E-state index < -0.39 is 0 Å². The van der Waals surface area contributed by atoms with E-state index in [4.69, 9.17) is 4.74 Å². The third-order valence-electron chi connectivity index (χ3n) is 3.04. The van der Waals surface area contributed by atoms with E-state index in [9.17, 15) is 0 Å². The molecule has 17 heavy (non-hydrogen) atoms. The fourth-order valence-electron chi connectivity index (χ4n) is 1.91. The van der Waals surface area contributed by atoms with Crippen LogP contribution in [-0.4, -0.2) is 7.11 Å². The SMILES string of the molecule is CCCCCCCC(Br)c1ccc(OC)cc1. The fraction of sp³-hybridized carbons (Fsp3) is 0.600. The zero-order valence-corrected chi connectivity index (χ0v) is 12.5. The number of benzene rings is 1. The molecule has 0 saturated carbocycles. The molecule has 1 aromatic rings. The van der Waals surface area contributed by atoms with Gasteiger partial charge in [0.15, 0.2) is 0 Å². The Labute approximate surface area is 114 Å². The second kappa shape index (κ2) is 8.57. The molecule has 0 N–H and O–H groups in total. The van der Waals surface area contributed by atoms with Gasteiger partial charge in [-0.05, 0) is 24.1 Å². The van der Waals surface area contributed by atoms with E-state index in [1.807, 2.05) is 12.1 Å². The van der Waals surface area contributed by atoms with E-state index in [1.165, 1.54) is 44.1 Å². The van der Waals surface area contributed by atoms with E-state index in [0.29, 0.717) is 4.83 Å². The summed E-state index contributed by atoms with van der Waals surface area (Å²) < 4.78 is 5.16. The molecular weight excluding hydrogens is 276 g/mol. The standard InChI is InChI=1S/C15H23BrO/c1-3-4-5-6-7-8-15(16)13-9-11-14(17-2)12-10-13/h9-12,15H,3-8H2,1-2H3. The zero-order chi connectivity index (χ0) is 12.5. The lowest BCUT2D eigenvalue weighted by molar-refractivity contribution is 0.414. The first-order valence-electron chi connectivity index (χ1n) is 6.56. The second-order valence-electron chi connectivity index (χ2n) is 4.44. The highest BCUT2D eigenvalue weighted by molar-refractivity contribution is 9.09. The molecule has 0 amide bonds. The molecule has 0 aromatic heterocycles. The lowest BCUT2D eigenvalue weighted by atomic mass is 10.0. The Balaban J connectivity index is 2.28. The highest BCUT2D eigenvalue weighted by Gasteiger charge is 2.06. The Hall–Kier alpha value is -0.500. The first kappa shape index (κ1) is 14.6. The smallest absolute Gasteiger partial charge is 0.118 e. The fourth-order valence-corrected chi connectivity index (χ4v) is 2.54. The number of hydrogen-bond donors (Lipinski definition) is 0. The van der Waals surface area contributed by atoms with Crippen LogP contribution in [0.4, 0.5) is 0 Å². The molecule has 0 saturated heterocycles. The largest absolute Gasteiger partial charge is 0.497 e. The van der Waals surface area contributed by atoms with Crippen LogP contribution in [0.1, 0.15) is 55.8 Å². The third-order valence-corrected chi connectivity index (χ3v) is 4.03. The molecule has 0 spiro atoms. The lowest BCUT2D eigenvalue weighted by Gasteiger charge is -2.10. The molecule has 0 aliphatic carbocycles. The Morgan fingerprint density at radius 1 is 1.06 bits per heavy atom. The monoisotopic (exact) mass is 298 g/mol. The van der Waals surface area contributed by atoms with Crippen molar-refractivity contribution in [3.63, 3.8) is 0 Å². The maximum atomic E-state index is 5.16. The summed E-state index contributed by atoms with van der Waals surface area (Å²) in [5, 5.41) is 0. The Kier molecular flexibility index (Phi) is 7.34. The number of hydrogen-bond acceptors (Lipinski definition) is 1. The van der Waals surface area contributed by atoms with Gasteiger partial charge in [-0.25, -0.2) is 0 Å². The number of methoxy groups -OCH3 is 1. The molecule has 1 aromatic carbocycles. The summed E-state index contributed by atoms with van der Waals surface area (Å²) in [6.45, 7) is 2.25. The van der Waals surface area contributed by atoms with Gasteiger partial charge in [-0.2, -0.15) is 0 Å². The molecule has 0 aliphatic rings. The van der Waals surface area contributed by atoms with E-state index in [1.54, 1.807) is 7.11 Å². The third kappa shape index (κ3) is 5.58. The summed E-state index contributed by atoms with van der Waals surface area (Å²) in [4.78, 5) is 0.482. The van der Waals surface area contributed by atoms with Crippen LogP contribution in [0.25, 0.3) is 0 Å². The maximum absolute atomic E-state index is 5.16. The number of unbranched alkanes of at least 4 members (excludes halogenated alkanes) is 4. The zero-order valence-electron chi connectivity index (χ0n) is 10.9. The Bertz CT molecular complexity index is 294. The van der Waals surface area contributed by atoms with Crippen molar-refractivity contribution in [2.24, 2.45) is 0 Å². The van der Waals surface area contributed by atoms with Gasteiger partial charge in [-0.1, -0.05) is 67.1 Å². The number of halogens is 1. The van der Waals surface area contributed by atoms with Crippen LogP contribution in [-0.2, 0) is 0 Å². The van der Waals surface area contributed by atoms with E-state index >= 15 is 0 Å². The second-order valence-corrected chi connectivity index (χ2v) is 5.55. The Morgan fingerprint density at radius 3 is 2.29 bits per heavy atom. The van der Waals surface area contributed by atoms with Crippen molar-refractivity contribution < 1.29 is 4.74 Å². The summed E-state index contributed by atoms with van der Waals surface area (Å²) in [6.07, 6.45) is 7.94. The predicted molar refractivity (Wildman–Crippen MR) is 78.0 cm³/mol. The van der Waals surface area contributed by atoms with Crippen LogP contribution in [0.15, 0.2) is 24.3 Å². The van der Waals surface area contributed by atoms with Gasteiger partial charge in [0.1, 0.15) is 5.75 Å². The maximum Gasteiger partial charge on any atom is 0.118 e. The van der Waals surface area contributed by atoms with Crippen molar-refractivity contribution in [3.05, 3.63) is 29.8 Å². The number of alkyl halides is 1. The van der Waals surface area contributed by atoms with Gasteiger partial charge in [-0.15, -0.1) is 0 Å². The first-order chi connectivity index (χ1) is 8.27. The molecule has 1 unspecified atom stereocenters. The van der Waals surface area contributed by atoms with Crippen LogP contribution < -0.4 is 4.74 Å². The number of ether oxygens (including phenoxy) is 1. The summed E-state index contributed by atoms with van der Waals surface area (Å²) in [5.74, 6) is 0.927. The minimum absolute atomic E-state index is 0.482. The molecule has 0 bridgehead atoms. The van der Waals surface area contributed by atoms with Gasteiger partial charge < -0.3 is 4.74 Å². The summed E-state index contributed by atoms with van der Waals surface area (Å²) in [6, 6.07) is 8.34. The van der Waals surface area contributed by atoms with Crippen molar-refractivity contribution in [1.82, 2.24) is 0 Å². The minimum atomic E-state index is 0.482. The van der Waals surface area contributed by atoms with Crippen LogP contribution in [0.3, 0.4) is 0 Å². The Morgan fingerprint density at radius 2 is 1.71 bits per heavy atom. The van der Waals surface area contributed by atoms with Crippen molar-refractivity contribution in [3.8, 4) is 5.75 Å². The van der Waals surface area contributed by atoms with Crippen LogP contribution in [0, 0.1) is 0 Å². The number of rotatable bonds is 8. The van der Waals surface area contributed by atoms with Gasteiger partial charge in [0.05, 0.1) is 7.11 Å². The summed E-state index contributed by atoms with van der Waals surface area (Å²) in [7, 11) is 1.70. The molecule has 0 fully saturated rings. The predicted octanol–water partition coefficient (Wildman–Crippen LogP) is 5.49. The molecule has 1 nitrogen and oxygen atoms in total. The van der Waals surface area contributed by atoms with Crippen molar-refractivity contribution in [2.45, 2.75) is 50.3 Å². The van der Waals surface area contributed by atoms with Crippen LogP contribution in [0.2, 0.25) is 0 Å². The van der Waals surface area contributed by atoms with Gasteiger partial charge >= 0.3 is 0 Å². The quantitative estimate of drug-likeness (QED) is 0.455. The van der Waals surface area contributed by atoms with E-state index in [-0.39, 0.29) is 0 Å². The average Bonchev–Trinajstić information content (AvgIpc) is 2.38. The van der Waals surface area contributed by atoms with Gasteiger partial charge in [-0.3, -0.25) is 0 Å². The summed E-state index contributed by atoms with van der Waals surface area (Å²) >= 11 is 3.76. The van der Waals surface area contributed by atoms with Crippen LogP contribution in [0.5, 0.6) is 5.75 Å². The van der Waals surface area contributed by atoms with Crippen molar-refractivity contribution in [1.29, 1.82) is 0 Å². The highest BCUT2D eigenvalue weighted by Crippen LogP contribution is 2.29. The molecule has 96 valence electrons. The molecular formula is C15H23BrO. The molecule has 0 radical (unpaired) electrons. The van der Waals surface area contributed by atoms with E-state index in [2.05, 4.69) is 35.0 Å². The van der Waals surface area contributed by atoms with Gasteiger partial charge in [0, 0.05) is 4.83 Å². The van der Waals surface area contributed by atoms with E-state index in [0.717, 1.165) is 5.75 Å². The van der Waals surface area contributed by atoms with Gasteiger partial charge in [0.25, 0.3) is 0 Å². The molecule has 2 heteroatoms. The van der Waals surface area contributed by atoms with Crippen LogP contribution >= 0.6 is 15.9 Å². The van der Waals surface area contributed by atoms with Crippen molar-refractivity contribution >= 4 is 15.9 Å². The van der Waals surface area contributed by atoms with Gasteiger partial charge in [0.2, 0.25) is 0 Å². The molecule has 0 heterocycles. The first-order valence-corrected chi connectivity index (χ1v) is 7.47. The minimum Gasteiger partial charge on any atom is -0.497 e. The lowest BCUT2D eigenvalue weighted by Crippen LogP contribution is -1.91.